The van der Waals surface area contributed by atoms with Crippen molar-refractivity contribution in [2.75, 3.05) is 6.54 Å². The van der Waals surface area contributed by atoms with Crippen molar-refractivity contribution in [2.45, 2.75) is 109 Å². The summed E-state index contributed by atoms with van der Waals surface area (Å²) in [5.74, 6) is 0.493. The lowest BCUT2D eigenvalue weighted by Gasteiger charge is -2.35. The first-order valence-electron chi connectivity index (χ1n) is 11.6. The highest BCUT2D eigenvalue weighted by molar-refractivity contribution is 5.76. The zero-order chi connectivity index (χ0) is 22.5. The third-order valence-electron chi connectivity index (χ3n) is 6.03. The van der Waals surface area contributed by atoms with Crippen molar-refractivity contribution in [3.8, 4) is 0 Å². The lowest BCUT2D eigenvalue weighted by molar-refractivity contribution is -0.122. The Morgan fingerprint density at radius 3 is 2.42 bits per heavy atom. The number of nitrogens with zero attached hydrogens (tertiary/aromatic N) is 3. The van der Waals surface area contributed by atoms with Gasteiger partial charge in [-0.2, -0.15) is 5.10 Å². The highest BCUT2D eigenvalue weighted by Crippen LogP contribution is 2.27. The summed E-state index contributed by atoms with van der Waals surface area (Å²) in [5, 5.41) is 10.4. The number of fused-ring (bicyclic) bond motifs is 1. The minimum absolute atomic E-state index is 0.110. The molecular formula is C22H37N5O4. The van der Waals surface area contributed by atoms with Crippen LogP contribution in [0.2, 0.25) is 0 Å². The van der Waals surface area contributed by atoms with Gasteiger partial charge < -0.3 is 15.4 Å². The quantitative estimate of drug-likeness (QED) is 0.691. The number of hydrogen-bond donors (Lipinski definition) is 2. The number of ether oxygens (including phenoxy) is 1. The maximum atomic E-state index is 12.7. The van der Waals surface area contributed by atoms with Crippen LogP contribution in [-0.4, -0.2) is 44.0 Å². The van der Waals surface area contributed by atoms with Crippen molar-refractivity contribution in [3.05, 3.63) is 16.3 Å². The molecule has 2 heterocycles. The molecule has 1 saturated carbocycles. The summed E-state index contributed by atoms with van der Waals surface area (Å²) in [6, 6.07) is 0. The SMILES string of the molecule is CC(C)(C)OC(=O)NC1(CNC(=O)Cn2nc3n(c2=O)CCCCC3)CCCCCC1. The number of alkyl carbamates (subject to hydrolysis) is 1. The number of carbonyl (C=O) groups excluding carboxylic acids is 2. The molecule has 31 heavy (non-hydrogen) atoms. The summed E-state index contributed by atoms with van der Waals surface area (Å²) >= 11 is 0. The lowest BCUT2D eigenvalue weighted by atomic mass is 9.90. The van der Waals surface area contributed by atoms with Crippen LogP contribution in [-0.2, 0) is 29.0 Å². The number of nitrogens with one attached hydrogen (secondary N) is 2. The normalized spacial score (nSPS) is 18.9. The van der Waals surface area contributed by atoms with E-state index in [0.29, 0.717) is 13.1 Å². The van der Waals surface area contributed by atoms with E-state index in [2.05, 4.69) is 15.7 Å². The Bertz CT molecular complexity index is 828. The Morgan fingerprint density at radius 1 is 1.06 bits per heavy atom. The van der Waals surface area contributed by atoms with E-state index in [1.807, 2.05) is 20.8 Å². The maximum Gasteiger partial charge on any atom is 0.408 e. The Balaban J connectivity index is 1.63. The molecule has 1 aromatic rings. The Hall–Kier alpha value is -2.32. The second-order valence-electron chi connectivity index (χ2n) is 9.92. The molecule has 2 aliphatic rings. The standard InChI is InChI=1S/C22H37N5O4/c1-21(2,3)31-19(29)24-22(12-8-4-5-9-13-22)16-23-18(28)15-27-20(30)26-14-10-6-7-11-17(26)25-27/h4-16H2,1-3H3,(H,23,28)(H,24,29). The molecule has 2 N–H and O–H groups in total. The van der Waals surface area contributed by atoms with E-state index >= 15 is 0 Å². The first-order valence-corrected chi connectivity index (χ1v) is 11.6. The Kier molecular flexibility index (Phi) is 7.43. The van der Waals surface area contributed by atoms with E-state index < -0.39 is 17.2 Å². The molecule has 0 aromatic carbocycles. The van der Waals surface area contributed by atoms with Crippen LogP contribution in [0, 0.1) is 0 Å². The number of aryl methyl sites for hydroxylation is 1. The van der Waals surface area contributed by atoms with Gasteiger partial charge in [0.2, 0.25) is 5.91 Å². The van der Waals surface area contributed by atoms with Gasteiger partial charge in [-0.05, 0) is 46.5 Å². The Labute approximate surface area is 183 Å². The molecule has 1 aromatic heterocycles. The first kappa shape index (κ1) is 23.3. The van der Waals surface area contributed by atoms with Crippen molar-refractivity contribution in [3.63, 3.8) is 0 Å². The predicted octanol–water partition coefficient (Wildman–Crippen LogP) is 2.51. The summed E-state index contributed by atoms with van der Waals surface area (Å²) < 4.78 is 8.41. The molecule has 0 saturated heterocycles. The van der Waals surface area contributed by atoms with Crippen molar-refractivity contribution in [2.24, 2.45) is 0 Å². The minimum Gasteiger partial charge on any atom is -0.444 e. The average molecular weight is 436 g/mol. The minimum atomic E-state index is -0.584. The van der Waals surface area contributed by atoms with Gasteiger partial charge in [0.1, 0.15) is 18.0 Å². The van der Waals surface area contributed by atoms with Gasteiger partial charge in [0, 0.05) is 19.5 Å². The van der Waals surface area contributed by atoms with Crippen molar-refractivity contribution in [1.82, 2.24) is 25.0 Å². The van der Waals surface area contributed by atoms with E-state index in [1.54, 1.807) is 4.57 Å². The van der Waals surface area contributed by atoms with Gasteiger partial charge in [0.05, 0.1) is 5.54 Å². The first-order chi connectivity index (χ1) is 14.7. The van der Waals surface area contributed by atoms with E-state index in [0.717, 1.165) is 70.0 Å². The largest absolute Gasteiger partial charge is 0.444 e. The van der Waals surface area contributed by atoms with Crippen LogP contribution >= 0.6 is 0 Å². The molecule has 0 atom stereocenters. The molecule has 0 spiro atoms. The summed E-state index contributed by atoms with van der Waals surface area (Å²) in [5.41, 5.74) is -1.34. The second-order valence-corrected chi connectivity index (χ2v) is 9.92. The molecule has 174 valence electrons. The van der Waals surface area contributed by atoms with Gasteiger partial charge >= 0.3 is 11.8 Å². The molecule has 1 aliphatic carbocycles. The van der Waals surface area contributed by atoms with Gasteiger partial charge in [-0.25, -0.2) is 14.3 Å². The Morgan fingerprint density at radius 2 is 1.74 bits per heavy atom. The van der Waals surface area contributed by atoms with Crippen LogP contribution in [0.4, 0.5) is 4.79 Å². The van der Waals surface area contributed by atoms with Crippen LogP contribution < -0.4 is 16.3 Å². The molecule has 1 fully saturated rings. The monoisotopic (exact) mass is 435 g/mol. The van der Waals surface area contributed by atoms with Gasteiger partial charge in [0.15, 0.2) is 0 Å². The van der Waals surface area contributed by atoms with Gasteiger partial charge in [-0.1, -0.05) is 32.1 Å². The fourth-order valence-corrected chi connectivity index (χ4v) is 4.46. The van der Waals surface area contributed by atoms with Crippen LogP contribution in [0.5, 0.6) is 0 Å². The highest BCUT2D eigenvalue weighted by Gasteiger charge is 2.34. The third-order valence-corrected chi connectivity index (χ3v) is 6.03. The van der Waals surface area contributed by atoms with E-state index in [-0.39, 0.29) is 18.1 Å². The van der Waals surface area contributed by atoms with Gasteiger partial charge in [-0.3, -0.25) is 9.36 Å². The third kappa shape index (κ3) is 6.58. The molecule has 2 amide bonds. The fourth-order valence-electron chi connectivity index (χ4n) is 4.46. The zero-order valence-corrected chi connectivity index (χ0v) is 19.2. The van der Waals surface area contributed by atoms with E-state index in [1.165, 1.54) is 4.68 Å². The molecule has 3 rings (SSSR count). The summed E-state index contributed by atoms with van der Waals surface area (Å²) in [4.78, 5) is 37.7. The molecule has 1 aliphatic heterocycles. The van der Waals surface area contributed by atoms with E-state index in [4.69, 9.17) is 4.74 Å². The van der Waals surface area contributed by atoms with Crippen LogP contribution in [0.15, 0.2) is 4.79 Å². The number of hydrogen-bond acceptors (Lipinski definition) is 5. The van der Waals surface area contributed by atoms with Crippen LogP contribution in [0.3, 0.4) is 0 Å². The number of carbonyl (C=O) groups is 2. The molecule has 9 heteroatoms. The molecule has 9 nitrogen and oxygen atoms in total. The highest BCUT2D eigenvalue weighted by atomic mass is 16.6. The predicted molar refractivity (Wildman–Crippen MR) is 117 cm³/mol. The number of amides is 2. The van der Waals surface area contributed by atoms with Crippen LogP contribution in [0.25, 0.3) is 0 Å². The summed E-state index contributed by atoms with van der Waals surface area (Å²) in [7, 11) is 0. The van der Waals surface area contributed by atoms with Crippen molar-refractivity contribution >= 4 is 12.0 Å². The summed E-state index contributed by atoms with van der Waals surface area (Å²) in [6.07, 6.45) is 9.14. The van der Waals surface area contributed by atoms with Crippen LogP contribution in [0.1, 0.15) is 84.4 Å². The average Bonchev–Trinajstić information content (AvgIpc) is 2.90. The smallest absolute Gasteiger partial charge is 0.408 e. The number of rotatable bonds is 5. The molecule has 0 radical (unpaired) electrons. The van der Waals surface area contributed by atoms with Crippen molar-refractivity contribution in [1.29, 1.82) is 0 Å². The fraction of sp³-hybridized carbons (Fsp3) is 0.818. The lowest BCUT2D eigenvalue weighted by Crippen LogP contribution is -2.56. The molecular weight excluding hydrogens is 398 g/mol. The topological polar surface area (TPSA) is 107 Å². The molecule has 0 unspecified atom stereocenters. The number of aromatic nitrogens is 3. The van der Waals surface area contributed by atoms with E-state index in [9.17, 15) is 14.4 Å². The second kappa shape index (κ2) is 9.87. The summed E-state index contributed by atoms with van der Waals surface area (Å²) in [6.45, 7) is 6.36. The van der Waals surface area contributed by atoms with Gasteiger partial charge in [0.25, 0.3) is 0 Å². The maximum absolute atomic E-state index is 12.7. The van der Waals surface area contributed by atoms with Crippen molar-refractivity contribution < 1.29 is 14.3 Å². The molecule has 0 bridgehead atoms. The zero-order valence-electron chi connectivity index (χ0n) is 19.2. The van der Waals surface area contributed by atoms with Gasteiger partial charge in [-0.15, -0.1) is 0 Å².